The van der Waals surface area contributed by atoms with Crippen LogP contribution < -0.4 is 10.6 Å². The van der Waals surface area contributed by atoms with Gasteiger partial charge in [0, 0.05) is 11.8 Å². The Morgan fingerprint density at radius 3 is 2.44 bits per heavy atom. The van der Waals surface area contributed by atoms with E-state index in [1.54, 1.807) is 6.08 Å². The van der Waals surface area contributed by atoms with Crippen molar-refractivity contribution < 1.29 is 4.79 Å². The van der Waals surface area contributed by atoms with Crippen LogP contribution in [0.15, 0.2) is 72.8 Å². The quantitative estimate of drug-likeness (QED) is 0.535. The number of benzene rings is 3. The zero-order valence-corrected chi connectivity index (χ0v) is 14.6. The molecule has 124 valence electrons. The average Bonchev–Trinajstić information content (AvgIpc) is 2.61. The first-order chi connectivity index (χ1) is 12.1. The van der Waals surface area contributed by atoms with Crippen LogP contribution in [0.25, 0.3) is 16.8 Å². The Bertz CT molecular complexity index is 946. The lowest BCUT2D eigenvalue weighted by Gasteiger charge is -2.09. The van der Waals surface area contributed by atoms with Gasteiger partial charge in [-0.2, -0.15) is 0 Å². The van der Waals surface area contributed by atoms with E-state index < -0.39 is 0 Å². The fourth-order valence-electron chi connectivity index (χ4n) is 2.43. The van der Waals surface area contributed by atoms with Crippen LogP contribution >= 0.6 is 12.2 Å². The third-order valence-corrected chi connectivity index (χ3v) is 3.95. The van der Waals surface area contributed by atoms with E-state index in [4.69, 9.17) is 12.2 Å². The molecule has 4 heteroatoms. The van der Waals surface area contributed by atoms with Gasteiger partial charge in [0.15, 0.2) is 5.11 Å². The lowest BCUT2D eigenvalue weighted by molar-refractivity contribution is -0.115. The number of thiocarbonyl (C=S) groups is 1. The van der Waals surface area contributed by atoms with Crippen LogP contribution in [0.2, 0.25) is 0 Å². The van der Waals surface area contributed by atoms with E-state index in [0.717, 1.165) is 22.0 Å². The summed E-state index contributed by atoms with van der Waals surface area (Å²) in [5.41, 5.74) is 2.99. The second-order valence-corrected chi connectivity index (χ2v) is 6.16. The molecule has 0 aromatic heterocycles. The number of carbonyl (C=O) groups is 1. The molecule has 0 spiro atoms. The van der Waals surface area contributed by atoms with Gasteiger partial charge >= 0.3 is 0 Å². The summed E-state index contributed by atoms with van der Waals surface area (Å²) in [5.74, 6) is -0.265. The average molecular weight is 346 g/mol. The Hall–Kier alpha value is -2.98. The van der Waals surface area contributed by atoms with E-state index >= 15 is 0 Å². The van der Waals surface area contributed by atoms with Gasteiger partial charge in [-0.05, 0) is 53.7 Å². The standard InChI is InChI=1S/C21H18N2OS/c1-15-6-8-16(9-7-15)10-13-20(24)23-21(25)22-19-12-11-17-4-2-3-5-18(17)14-19/h2-14H,1H3,(H2,22,23,24,25)/b13-10+. The minimum absolute atomic E-state index is 0.265. The summed E-state index contributed by atoms with van der Waals surface area (Å²) in [6, 6.07) is 21.9. The molecule has 0 atom stereocenters. The molecular weight excluding hydrogens is 328 g/mol. The van der Waals surface area contributed by atoms with Crippen LogP contribution in [0.5, 0.6) is 0 Å². The smallest absolute Gasteiger partial charge is 0.250 e. The zero-order valence-electron chi connectivity index (χ0n) is 13.8. The summed E-state index contributed by atoms with van der Waals surface area (Å²) >= 11 is 5.21. The molecule has 3 aromatic carbocycles. The van der Waals surface area contributed by atoms with Gasteiger partial charge in [0.1, 0.15) is 0 Å². The molecule has 2 N–H and O–H groups in total. The minimum atomic E-state index is -0.265. The molecular formula is C21H18N2OS. The Morgan fingerprint density at radius 1 is 0.960 bits per heavy atom. The Balaban J connectivity index is 1.59. The maximum absolute atomic E-state index is 12.0. The van der Waals surface area contributed by atoms with E-state index in [0.29, 0.717) is 0 Å². The van der Waals surface area contributed by atoms with Crippen LogP contribution in [0.3, 0.4) is 0 Å². The lowest BCUT2D eigenvalue weighted by atomic mass is 10.1. The second-order valence-electron chi connectivity index (χ2n) is 5.75. The summed E-state index contributed by atoms with van der Waals surface area (Å²) in [7, 11) is 0. The monoisotopic (exact) mass is 346 g/mol. The number of carbonyl (C=O) groups excluding carboxylic acids is 1. The highest BCUT2D eigenvalue weighted by Crippen LogP contribution is 2.18. The number of fused-ring (bicyclic) bond motifs is 1. The van der Waals surface area contributed by atoms with Crippen molar-refractivity contribution in [2.75, 3.05) is 5.32 Å². The highest BCUT2D eigenvalue weighted by Gasteiger charge is 2.02. The van der Waals surface area contributed by atoms with Gasteiger partial charge in [-0.25, -0.2) is 0 Å². The van der Waals surface area contributed by atoms with Gasteiger partial charge in [0.2, 0.25) is 5.91 Å². The first kappa shape index (κ1) is 16.9. The molecule has 0 heterocycles. The van der Waals surface area contributed by atoms with Crippen molar-refractivity contribution >= 4 is 45.8 Å². The first-order valence-electron chi connectivity index (χ1n) is 7.96. The summed E-state index contributed by atoms with van der Waals surface area (Å²) in [6.07, 6.45) is 3.23. The van der Waals surface area contributed by atoms with Crippen LogP contribution in [-0.2, 0) is 4.79 Å². The Kier molecular flexibility index (Phi) is 5.21. The molecule has 1 amide bonds. The Labute approximate surface area is 152 Å². The van der Waals surface area contributed by atoms with Crippen molar-refractivity contribution in [1.29, 1.82) is 0 Å². The molecule has 0 aliphatic heterocycles. The van der Waals surface area contributed by atoms with Crippen molar-refractivity contribution in [1.82, 2.24) is 5.32 Å². The second kappa shape index (κ2) is 7.73. The molecule has 0 saturated heterocycles. The van der Waals surface area contributed by atoms with Crippen molar-refractivity contribution in [3.05, 3.63) is 83.9 Å². The lowest BCUT2D eigenvalue weighted by Crippen LogP contribution is -2.32. The van der Waals surface area contributed by atoms with Crippen LogP contribution in [-0.4, -0.2) is 11.0 Å². The van der Waals surface area contributed by atoms with Crippen molar-refractivity contribution in [2.24, 2.45) is 0 Å². The number of anilines is 1. The zero-order chi connectivity index (χ0) is 17.6. The van der Waals surface area contributed by atoms with Crippen molar-refractivity contribution in [3.8, 4) is 0 Å². The van der Waals surface area contributed by atoms with Gasteiger partial charge in [-0.1, -0.05) is 60.2 Å². The molecule has 0 radical (unpaired) electrons. The molecule has 0 aliphatic carbocycles. The SMILES string of the molecule is Cc1ccc(/C=C/C(=O)NC(=S)Nc2ccc3ccccc3c2)cc1. The number of aryl methyl sites for hydroxylation is 1. The molecule has 3 aromatic rings. The summed E-state index contributed by atoms with van der Waals surface area (Å²) in [4.78, 5) is 12.0. The predicted octanol–water partition coefficient (Wildman–Crippen LogP) is 4.67. The van der Waals surface area contributed by atoms with E-state index in [9.17, 15) is 4.79 Å². The molecule has 0 bridgehead atoms. The molecule has 0 fully saturated rings. The number of rotatable bonds is 3. The molecule has 0 unspecified atom stereocenters. The van der Waals surface area contributed by atoms with Gasteiger partial charge in [0.05, 0.1) is 0 Å². The fraction of sp³-hybridized carbons (Fsp3) is 0.0476. The first-order valence-corrected chi connectivity index (χ1v) is 8.36. The normalized spacial score (nSPS) is 10.8. The predicted molar refractivity (Wildman–Crippen MR) is 109 cm³/mol. The molecule has 3 rings (SSSR count). The summed E-state index contributed by atoms with van der Waals surface area (Å²) < 4.78 is 0. The number of nitrogens with one attached hydrogen (secondary N) is 2. The van der Waals surface area contributed by atoms with Crippen molar-refractivity contribution in [3.63, 3.8) is 0 Å². The van der Waals surface area contributed by atoms with E-state index in [1.807, 2.05) is 67.6 Å². The van der Waals surface area contributed by atoms with Crippen LogP contribution in [0, 0.1) is 6.92 Å². The number of hydrogen-bond donors (Lipinski definition) is 2. The van der Waals surface area contributed by atoms with E-state index in [-0.39, 0.29) is 11.0 Å². The third kappa shape index (κ3) is 4.75. The van der Waals surface area contributed by atoms with Crippen LogP contribution in [0.1, 0.15) is 11.1 Å². The van der Waals surface area contributed by atoms with Gasteiger partial charge < -0.3 is 5.32 Å². The summed E-state index contributed by atoms with van der Waals surface area (Å²) in [5, 5.41) is 8.23. The largest absolute Gasteiger partial charge is 0.332 e. The maximum atomic E-state index is 12.0. The minimum Gasteiger partial charge on any atom is -0.332 e. The van der Waals surface area contributed by atoms with Crippen molar-refractivity contribution in [2.45, 2.75) is 6.92 Å². The summed E-state index contributed by atoms with van der Waals surface area (Å²) in [6.45, 7) is 2.02. The van der Waals surface area contributed by atoms with E-state index in [2.05, 4.69) is 16.7 Å². The fourth-order valence-corrected chi connectivity index (χ4v) is 2.65. The molecule has 0 aliphatic rings. The highest BCUT2D eigenvalue weighted by atomic mass is 32.1. The van der Waals surface area contributed by atoms with Gasteiger partial charge in [0.25, 0.3) is 0 Å². The van der Waals surface area contributed by atoms with E-state index in [1.165, 1.54) is 11.6 Å². The number of hydrogen-bond acceptors (Lipinski definition) is 2. The van der Waals surface area contributed by atoms with Gasteiger partial charge in [-0.3, -0.25) is 10.1 Å². The Morgan fingerprint density at radius 2 is 1.68 bits per heavy atom. The maximum Gasteiger partial charge on any atom is 0.250 e. The van der Waals surface area contributed by atoms with Crippen LogP contribution in [0.4, 0.5) is 5.69 Å². The topological polar surface area (TPSA) is 41.1 Å². The number of amides is 1. The highest BCUT2D eigenvalue weighted by molar-refractivity contribution is 7.80. The molecule has 25 heavy (non-hydrogen) atoms. The van der Waals surface area contributed by atoms with Gasteiger partial charge in [-0.15, -0.1) is 0 Å². The molecule has 3 nitrogen and oxygen atoms in total. The molecule has 0 saturated carbocycles. The third-order valence-electron chi connectivity index (χ3n) is 3.75.